The van der Waals surface area contributed by atoms with E-state index < -0.39 is 6.04 Å². The SMILES string of the molecule is CCC(C(=O)NC1CCCCC1)N(CCO)C(=O)CCCN1C=CC=CC1. The van der Waals surface area contributed by atoms with Gasteiger partial charge in [-0.05, 0) is 38.0 Å². The van der Waals surface area contributed by atoms with Gasteiger partial charge in [0, 0.05) is 32.1 Å². The summed E-state index contributed by atoms with van der Waals surface area (Å²) in [4.78, 5) is 29.3. The lowest BCUT2D eigenvalue weighted by molar-refractivity contribution is -0.141. The molecule has 0 aromatic carbocycles. The number of nitrogens with zero attached hydrogens (tertiary/aromatic N) is 2. The minimum Gasteiger partial charge on any atom is -0.395 e. The third-order valence-electron chi connectivity index (χ3n) is 5.40. The summed E-state index contributed by atoms with van der Waals surface area (Å²) in [7, 11) is 0. The van der Waals surface area contributed by atoms with Crippen molar-refractivity contribution in [2.75, 3.05) is 26.2 Å². The van der Waals surface area contributed by atoms with Crippen LogP contribution in [0.25, 0.3) is 0 Å². The molecule has 1 aliphatic heterocycles. The topological polar surface area (TPSA) is 72.9 Å². The van der Waals surface area contributed by atoms with Crippen molar-refractivity contribution in [1.82, 2.24) is 15.1 Å². The molecule has 0 radical (unpaired) electrons. The summed E-state index contributed by atoms with van der Waals surface area (Å²) in [5.41, 5.74) is 0. The second kappa shape index (κ2) is 11.8. The van der Waals surface area contributed by atoms with Crippen molar-refractivity contribution in [2.45, 2.75) is 70.4 Å². The number of amides is 2. The summed E-state index contributed by atoms with van der Waals surface area (Å²) in [6.07, 6.45) is 15.4. The van der Waals surface area contributed by atoms with Gasteiger partial charge >= 0.3 is 0 Å². The van der Waals surface area contributed by atoms with Crippen LogP contribution in [0.4, 0.5) is 0 Å². The molecule has 2 rings (SSSR count). The summed E-state index contributed by atoms with van der Waals surface area (Å²) in [5.74, 6) is -0.124. The van der Waals surface area contributed by atoms with Crippen molar-refractivity contribution in [3.63, 3.8) is 0 Å². The molecule has 1 unspecified atom stereocenters. The van der Waals surface area contributed by atoms with Crippen molar-refractivity contribution >= 4 is 11.8 Å². The van der Waals surface area contributed by atoms with Crippen molar-refractivity contribution in [3.05, 3.63) is 24.4 Å². The van der Waals surface area contributed by atoms with Crippen LogP contribution in [-0.2, 0) is 9.59 Å². The van der Waals surface area contributed by atoms with E-state index in [-0.39, 0.29) is 31.0 Å². The Morgan fingerprint density at radius 2 is 2.04 bits per heavy atom. The van der Waals surface area contributed by atoms with Gasteiger partial charge in [0.2, 0.25) is 11.8 Å². The molecule has 27 heavy (non-hydrogen) atoms. The molecule has 1 saturated carbocycles. The molecule has 0 saturated heterocycles. The molecule has 2 aliphatic rings. The van der Waals surface area contributed by atoms with Crippen molar-refractivity contribution in [1.29, 1.82) is 0 Å². The zero-order chi connectivity index (χ0) is 19.5. The first-order chi connectivity index (χ1) is 13.2. The van der Waals surface area contributed by atoms with Crippen LogP contribution in [0.5, 0.6) is 0 Å². The van der Waals surface area contributed by atoms with E-state index in [4.69, 9.17) is 0 Å². The standard InChI is InChI=1S/C21H35N3O3/c1-2-19(21(27)22-18-10-5-3-6-11-18)24(16-17-25)20(26)12-9-15-23-13-7-4-8-14-23/h4,7-8,13,18-19,25H,2-3,5-6,9-12,14-17H2,1H3,(H,22,27). The Balaban J connectivity index is 1.86. The van der Waals surface area contributed by atoms with Crippen LogP contribution < -0.4 is 5.32 Å². The van der Waals surface area contributed by atoms with Gasteiger partial charge in [-0.15, -0.1) is 0 Å². The lowest BCUT2D eigenvalue weighted by Crippen LogP contribution is -2.52. The maximum Gasteiger partial charge on any atom is 0.243 e. The van der Waals surface area contributed by atoms with Gasteiger partial charge in [-0.25, -0.2) is 0 Å². The van der Waals surface area contributed by atoms with Crippen molar-refractivity contribution in [2.24, 2.45) is 0 Å². The second-order valence-corrected chi connectivity index (χ2v) is 7.45. The van der Waals surface area contributed by atoms with Gasteiger partial charge in [-0.1, -0.05) is 38.3 Å². The smallest absolute Gasteiger partial charge is 0.243 e. The number of aliphatic hydroxyl groups is 1. The Bertz CT molecular complexity index is 527. The van der Waals surface area contributed by atoms with Crippen LogP contribution >= 0.6 is 0 Å². The lowest BCUT2D eigenvalue weighted by atomic mass is 9.95. The number of hydrogen-bond donors (Lipinski definition) is 2. The summed E-state index contributed by atoms with van der Waals surface area (Å²) >= 11 is 0. The number of allylic oxidation sites excluding steroid dienone is 2. The Morgan fingerprint density at radius 3 is 2.67 bits per heavy atom. The molecule has 0 spiro atoms. The van der Waals surface area contributed by atoms with E-state index in [0.717, 1.165) is 45.2 Å². The number of hydrogen-bond acceptors (Lipinski definition) is 4. The highest BCUT2D eigenvalue weighted by atomic mass is 16.3. The van der Waals surface area contributed by atoms with Gasteiger partial charge in [0.05, 0.1) is 6.61 Å². The predicted octanol–water partition coefficient (Wildman–Crippen LogP) is 2.20. The van der Waals surface area contributed by atoms with Crippen LogP contribution in [0.3, 0.4) is 0 Å². The zero-order valence-corrected chi connectivity index (χ0v) is 16.6. The van der Waals surface area contributed by atoms with Crippen molar-refractivity contribution in [3.8, 4) is 0 Å². The molecule has 2 amide bonds. The van der Waals surface area contributed by atoms with Gasteiger partial charge in [0.1, 0.15) is 6.04 Å². The second-order valence-electron chi connectivity index (χ2n) is 7.45. The molecule has 6 nitrogen and oxygen atoms in total. The monoisotopic (exact) mass is 377 g/mol. The third-order valence-corrected chi connectivity index (χ3v) is 5.40. The minimum atomic E-state index is -0.496. The Hall–Kier alpha value is -1.82. The molecule has 6 heteroatoms. The van der Waals surface area contributed by atoms with E-state index in [1.165, 1.54) is 6.42 Å². The minimum absolute atomic E-state index is 0.0498. The first-order valence-corrected chi connectivity index (χ1v) is 10.4. The summed E-state index contributed by atoms with van der Waals surface area (Å²) in [6.45, 7) is 3.69. The van der Waals surface area contributed by atoms with Crippen molar-refractivity contribution < 1.29 is 14.7 Å². The summed E-state index contributed by atoms with van der Waals surface area (Å²) < 4.78 is 0. The maximum atomic E-state index is 12.8. The number of aliphatic hydroxyl groups excluding tert-OH is 1. The van der Waals surface area contributed by atoms with E-state index in [2.05, 4.69) is 16.3 Å². The van der Waals surface area contributed by atoms with Gasteiger partial charge in [0.15, 0.2) is 0 Å². The van der Waals surface area contributed by atoms with Crippen LogP contribution in [0.1, 0.15) is 58.3 Å². The molecule has 1 heterocycles. The Morgan fingerprint density at radius 1 is 1.26 bits per heavy atom. The molecule has 152 valence electrons. The van der Waals surface area contributed by atoms with E-state index >= 15 is 0 Å². The largest absolute Gasteiger partial charge is 0.395 e. The highest BCUT2D eigenvalue weighted by Crippen LogP contribution is 2.18. The number of carbonyl (C=O) groups excluding carboxylic acids is 2. The van der Waals surface area contributed by atoms with Crippen LogP contribution in [-0.4, -0.2) is 65.0 Å². The average molecular weight is 378 g/mol. The quantitative estimate of drug-likeness (QED) is 0.612. The highest BCUT2D eigenvalue weighted by molar-refractivity contribution is 5.87. The van der Waals surface area contributed by atoms with Crippen LogP contribution in [0.15, 0.2) is 24.4 Å². The molecular formula is C21H35N3O3. The van der Waals surface area contributed by atoms with Gasteiger partial charge in [-0.2, -0.15) is 0 Å². The zero-order valence-electron chi connectivity index (χ0n) is 16.6. The molecule has 1 fully saturated rings. The first-order valence-electron chi connectivity index (χ1n) is 10.4. The molecule has 0 aromatic heterocycles. The predicted molar refractivity (Wildman–Crippen MR) is 107 cm³/mol. The first kappa shape index (κ1) is 21.5. The maximum absolute atomic E-state index is 12.8. The van der Waals surface area contributed by atoms with E-state index in [9.17, 15) is 14.7 Å². The highest BCUT2D eigenvalue weighted by Gasteiger charge is 2.29. The van der Waals surface area contributed by atoms with Gasteiger partial charge < -0.3 is 20.2 Å². The molecule has 1 atom stereocenters. The van der Waals surface area contributed by atoms with E-state index in [0.29, 0.717) is 12.8 Å². The van der Waals surface area contributed by atoms with Crippen LogP contribution in [0, 0.1) is 0 Å². The Labute approximate surface area is 163 Å². The lowest BCUT2D eigenvalue weighted by Gasteiger charge is -2.32. The fourth-order valence-electron chi connectivity index (χ4n) is 3.90. The number of carbonyl (C=O) groups is 2. The molecule has 0 bridgehead atoms. The van der Waals surface area contributed by atoms with Gasteiger partial charge in [0.25, 0.3) is 0 Å². The number of nitrogens with one attached hydrogen (secondary N) is 1. The molecule has 1 aliphatic carbocycles. The fraction of sp³-hybridized carbons (Fsp3) is 0.714. The van der Waals surface area contributed by atoms with E-state index in [1.807, 2.05) is 25.3 Å². The molecule has 2 N–H and O–H groups in total. The number of rotatable bonds is 10. The average Bonchev–Trinajstić information content (AvgIpc) is 2.69. The summed E-state index contributed by atoms with van der Waals surface area (Å²) in [5, 5.41) is 12.5. The van der Waals surface area contributed by atoms with E-state index in [1.54, 1.807) is 4.90 Å². The normalized spacial score (nSPS) is 18.4. The molecule has 0 aromatic rings. The molecular weight excluding hydrogens is 342 g/mol. The fourth-order valence-corrected chi connectivity index (χ4v) is 3.90. The van der Waals surface area contributed by atoms with Crippen LogP contribution in [0.2, 0.25) is 0 Å². The third kappa shape index (κ3) is 7.01. The Kier molecular flexibility index (Phi) is 9.39. The van der Waals surface area contributed by atoms with Gasteiger partial charge in [-0.3, -0.25) is 9.59 Å². The summed E-state index contributed by atoms with van der Waals surface area (Å²) in [6, 6.07) is -0.269.